The summed E-state index contributed by atoms with van der Waals surface area (Å²) in [6.07, 6.45) is 0. The summed E-state index contributed by atoms with van der Waals surface area (Å²) in [5.74, 6) is 0. The maximum atomic E-state index is 12.4. The van der Waals surface area contributed by atoms with Crippen LogP contribution in [0.15, 0.2) is 19.6 Å². The average Bonchev–Trinajstić information content (AvgIpc) is 2.58. The van der Waals surface area contributed by atoms with E-state index in [1.807, 2.05) is 0 Å². The Kier molecular flexibility index (Phi) is 7.99. The number of hydrogen-bond acceptors (Lipinski definition) is 8. The van der Waals surface area contributed by atoms with Crippen molar-refractivity contribution in [2.45, 2.75) is 47.3 Å². The first-order chi connectivity index (χ1) is 15.0. The Morgan fingerprint density at radius 3 is 0.706 bits per heavy atom. The van der Waals surface area contributed by atoms with Gasteiger partial charge in [-0.1, -0.05) is 0 Å². The van der Waals surface area contributed by atoms with Crippen molar-refractivity contribution in [3.8, 4) is 11.1 Å². The minimum Gasteiger partial charge on any atom is -0.282 e. The molecule has 0 amide bonds. The number of benzene rings is 2. The zero-order valence-corrected chi connectivity index (χ0v) is 25.0. The van der Waals surface area contributed by atoms with Gasteiger partial charge >= 0.3 is 0 Å². The van der Waals surface area contributed by atoms with Gasteiger partial charge in [0.05, 0.1) is 0 Å². The van der Waals surface area contributed by atoms with Crippen LogP contribution in [-0.4, -0.2) is 51.9 Å². The Morgan fingerprint density at radius 1 is 0.441 bits per heavy atom. The molecular formula is C16H16I2O12S4. The van der Waals surface area contributed by atoms with Crippen molar-refractivity contribution in [3.05, 3.63) is 29.4 Å². The Bertz CT molecular complexity index is 1440. The molecule has 18 heteroatoms. The molecule has 0 aromatic heterocycles. The van der Waals surface area contributed by atoms with Crippen molar-refractivity contribution in [3.63, 3.8) is 0 Å². The van der Waals surface area contributed by atoms with Gasteiger partial charge in [0.25, 0.3) is 40.5 Å². The second-order valence-corrected chi connectivity index (χ2v) is 14.7. The van der Waals surface area contributed by atoms with Crippen LogP contribution >= 0.6 is 45.2 Å². The third-order valence-corrected chi connectivity index (χ3v) is 12.2. The Morgan fingerprint density at radius 2 is 0.588 bits per heavy atom. The van der Waals surface area contributed by atoms with E-state index < -0.39 is 71.2 Å². The molecule has 0 spiro atoms. The third kappa shape index (κ3) is 5.16. The molecule has 4 N–H and O–H groups in total. The highest BCUT2D eigenvalue weighted by molar-refractivity contribution is 14.1. The van der Waals surface area contributed by atoms with Gasteiger partial charge < -0.3 is 0 Å². The van der Waals surface area contributed by atoms with E-state index in [4.69, 9.17) is 0 Å². The monoisotopic (exact) mass is 782 g/mol. The highest BCUT2D eigenvalue weighted by Crippen LogP contribution is 2.48. The van der Waals surface area contributed by atoms with Crippen molar-refractivity contribution in [2.75, 3.05) is 0 Å². The predicted molar refractivity (Wildman–Crippen MR) is 136 cm³/mol. The molecule has 2 aromatic carbocycles. The van der Waals surface area contributed by atoms with E-state index in [0.717, 1.165) is 27.7 Å². The van der Waals surface area contributed by atoms with E-state index in [1.54, 1.807) is 0 Å². The first-order valence-electron chi connectivity index (χ1n) is 8.51. The summed E-state index contributed by atoms with van der Waals surface area (Å²) in [6.45, 7) is 4.45. The Labute approximate surface area is 223 Å². The fourth-order valence-corrected chi connectivity index (χ4v) is 9.41. The number of hydrogen-bond donors (Lipinski definition) is 4. The van der Waals surface area contributed by atoms with Crippen LogP contribution in [0.2, 0.25) is 0 Å². The average molecular weight is 782 g/mol. The highest BCUT2D eigenvalue weighted by Gasteiger charge is 2.40. The first kappa shape index (κ1) is 29.8. The second-order valence-electron chi connectivity index (χ2n) is 7.09. The molecular weight excluding hydrogens is 766 g/mol. The molecule has 0 aliphatic carbocycles. The second kappa shape index (κ2) is 9.13. The van der Waals surface area contributed by atoms with Crippen molar-refractivity contribution >= 4 is 85.7 Å². The molecule has 0 heterocycles. The van der Waals surface area contributed by atoms with E-state index in [0.29, 0.717) is 0 Å². The van der Waals surface area contributed by atoms with Crippen molar-refractivity contribution < 1.29 is 51.9 Å². The van der Waals surface area contributed by atoms with Crippen LogP contribution in [0.25, 0.3) is 11.1 Å². The summed E-state index contributed by atoms with van der Waals surface area (Å²) < 4.78 is 139. The summed E-state index contributed by atoms with van der Waals surface area (Å²) in [4.78, 5) is -4.98. The topological polar surface area (TPSA) is 217 Å². The van der Waals surface area contributed by atoms with Crippen LogP contribution < -0.4 is 0 Å². The fourth-order valence-electron chi connectivity index (χ4n) is 3.66. The molecule has 12 nitrogen and oxygen atoms in total. The van der Waals surface area contributed by atoms with Gasteiger partial charge in [-0.25, -0.2) is 0 Å². The highest BCUT2D eigenvalue weighted by atomic mass is 127. The molecule has 0 atom stereocenters. The van der Waals surface area contributed by atoms with Crippen LogP contribution in [0.1, 0.15) is 22.3 Å². The number of halogens is 2. The molecule has 2 aromatic rings. The van der Waals surface area contributed by atoms with Gasteiger partial charge in [-0.05, 0) is 95.1 Å². The van der Waals surface area contributed by atoms with E-state index in [-0.39, 0.29) is 29.4 Å². The van der Waals surface area contributed by atoms with Crippen molar-refractivity contribution in [1.82, 2.24) is 0 Å². The largest absolute Gasteiger partial charge is 0.295 e. The molecule has 0 aliphatic heterocycles. The SMILES string of the molecule is Cc1c(I)c(C)c(S(=O)(=O)O)c(-c2c(S(=O)(=O)O)c(C)c(I)c(C)c2S(=O)(=O)O)c1S(=O)(=O)O. The lowest BCUT2D eigenvalue weighted by molar-refractivity contribution is 0.473. The van der Waals surface area contributed by atoms with Gasteiger partial charge in [0.2, 0.25) is 0 Å². The van der Waals surface area contributed by atoms with Crippen molar-refractivity contribution in [2.24, 2.45) is 0 Å². The molecule has 34 heavy (non-hydrogen) atoms. The van der Waals surface area contributed by atoms with Gasteiger partial charge in [0, 0.05) is 18.3 Å². The summed E-state index contributed by atoms with van der Waals surface area (Å²) in [5, 5.41) is 0. The van der Waals surface area contributed by atoms with Crippen LogP contribution in [0.5, 0.6) is 0 Å². The Balaban J connectivity index is 3.75. The maximum Gasteiger partial charge on any atom is 0.295 e. The van der Waals surface area contributed by atoms with Gasteiger partial charge in [0.1, 0.15) is 19.6 Å². The molecule has 190 valence electrons. The zero-order valence-electron chi connectivity index (χ0n) is 17.4. The zero-order chi connectivity index (χ0) is 26.9. The quantitative estimate of drug-likeness (QED) is 0.255. The maximum absolute atomic E-state index is 12.4. The van der Waals surface area contributed by atoms with E-state index in [9.17, 15) is 51.9 Å². The van der Waals surface area contributed by atoms with Gasteiger partial charge in [-0.2, -0.15) is 33.7 Å². The summed E-state index contributed by atoms with van der Waals surface area (Å²) in [6, 6.07) is 0. The molecule has 0 bridgehead atoms. The summed E-state index contributed by atoms with van der Waals surface area (Å²) in [7, 11) is -21.7. The smallest absolute Gasteiger partial charge is 0.282 e. The van der Waals surface area contributed by atoms with Crippen LogP contribution in [0.4, 0.5) is 0 Å². The summed E-state index contributed by atoms with van der Waals surface area (Å²) in [5.41, 5.74) is -3.77. The molecule has 0 aliphatic rings. The normalized spacial score (nSPS) is 13.4. The third-order valence-electron chi connectivity index (χ3n) is 4.87. The van der Waals surface area contributed by atoms with Crippen molar-refractivity contribution in [1.29, 1.82) is 0 Å². The lowest BCUT2D eigenvalue weighted by Crippen LogP contribution is -2.19. The molecule has 0 radical (unpaired) electrons. The minimum absolute atomic E-state index is 0.0811. The van der Waals surface area contributed by atoms with E-state index in [1.165, 1.54) is 45.2 Å². The van der Waals surface area contributed by atoms with Crippen LogP contribution in [-0.2, 0) is 40.5 Å². The first-order valence-corrected chi connectivity index (χ1v) is 16.4. The van der Waals surface area contributed by atoms with E-state index in [2.05, 4.69) is 0 Å². The van der Waals surface area contributed by atoms with Crippen LogP contribution in [0, 0.1) is 34.8 Å². The molecule has 2 rings (SSSR count). The molecule has 0 unspecified atom stereocenters. The minimum atomic E-state index is -5.43. The van der Waals surface area contributed by atoms with Gasteiger partial charge in [-0.15, -0.1) is 0 Å². The molecule has 0 fully saturated rings. The lowest BCUT2D eigenvalue weighted by atomic mass is 9.96. The van der Waals surface area contributed by atoms with Crippen LogP contribution in [0.3, 0.4) is 0 Å². The van der Waals surface area contributed by atoms with Gasteiger partial charge in [0.15, 0.2) is 0 Å². The standard InChI is InChI=1S/C16H16I2O12S4/c1-5-11(17)6(2)14(32(22,23)24)9(13(5)31(19,20)21)10-15(33(25,26)27)7(3)12(18)8(4)16(10)34(28,29)30/h1-4H3,(H,19,20,21)(H,22,23,24)(H,25,26,27)(H,28,29,30). The summed E-state index contributed by atoms with van der Waals surface area (Å²) >= 11 is 3.03. The lowest BCUT2D eigenvalue weighted by Gasteiger charge is -2.24. The molecule has 0 saturated heterocycles. The van der Waals surface area contributed by atoms with E-state index >= 15 is 0 Å². The predicted octanol–water partition coefficient (Wildman–Crippen LogP) is 2.78. The molecule has 0 saturated carbocycles. The Hall–Kier alpha value is -0.460. The fraction of sp³-hybridized carbons (Fsp3) is 0.250. The van der Waals surface area contributed by atoms with Gasteiger partial charge in [-0.3, -0.25) is 18.2 Å². The number of rotatable bonds is 5.